The highest BCUT2D eigenvalue weighted by atomic mass is 32.1. The lowest BCUT2D eigenvalue weighted by Crippen LogP contribution is -2.18. The van der Waals surface area contributed by atoms with E-state index in [1.807, 2.05) is 6.92 Å². The van der Waals surface area contributed by atoms with Gasteiger partial charge in [-0.3, -0.25) is 0 Å². The van der Waals surface area contributed by atoms with Crippen molar-refractivity contribution in [2.45, 2.75) is 45.6 Å². The first-order valence-corrected chi connectivity index (χ1v) is 6.64. The third-order valence-electron chi connectivity index (χ3n) is 3.12. The third-order valence-corrected chi connectivity index (χ3v) is 3.99. The number of hydrogen-bond acceptors (Lipinski definition) is 4. The zero-order valence-electron chi connectivity index (χ0n) is 9.79. The molecule has 1 saturated carbocycles. The summed E-state index contributed by atoms with van der Waals surface area (Å²) in [5.41, 5.74) is 1.57. The fourth-order valence-electron chi connectivity index (χ4n) is 1.87. The summed E-state index contributed by atoms with van der Waals surface area (Å²) in [7, 11) is 0. The Morgan fingerprint density at radius 1 is 1.62 bits per heavy atom. The average Bonchev–Trinajstić information content (AvgIpc) is 3.02. The summed E-state index contributed by atoms with van der Waals surface area (Å²) in [5, 5.41) is 13.5. The largest absolute Gasteiger partial charge is 0.372 e. The number of aromatic nitrogens is 1. The van der Waals surface area contributed by atoms with E-state index >= 15 is 0 Å². The molecule has 1 aliphatic carbocycles. The number of rotatable bonds is 5. The fourth-order valence-corrected chi connectivity index (χ4v) is 2.69. The number of anilines is 1. The molecule has 0 bridgehead atoms. The maximum Gasteiger partial charge on any atom is 0.127 e. The van der Waals surface area contributed by atoms with Gasteiger partial charge in [-0.05, 0) is 37.2 Å². The zero-order valence-corrected chi connectivity index (χ0v) is 10.6. The highest BCUT2D eigenvalue weighted by Crippen LogP contribution is 2.35. The first-order chi connectivity index (χ1) is 7.74. The van der Waals surface area contributed by atoms with E-state index in [9.17, 15) is 0 Å². The molecule has 0 amide bonds. The van der Waals surface area contributed by atoms with Gasteiger partial charge >= 0.3 is 0 Å². The molecule has 1 heterocycles. The topological polar surface area (TPSA) is 48.7 Å². The van der Waals surface area contributed by atoms with Crippen molar-refractivity contribution >= 4 is 16.5 Å². The number of hydrogen-bond donors (Lipinski definition) is 1. The van der Waals surface area contributed by atoms with Gasteiger partial charge in [-0.15, -0.1) is 0 Å². The second kappa shape index (κ2) is 4.84. The van der Waals surface area contributed by atoms with Crippen molar-refractivity contribution in [2.24, 2.45) is 5.92 Å². The van der Waals surface area contributed by atoms with Gasteiger partial charge in [0.2, 0.25) is 0 Å². The first-order valence-electron chi connectivity index (χ1n) is 5.87. The maximum atomic E-state index is 9.04. The van der Waals surface area contributed by atoms with Crippen molar-refractivity contribution in [1.82, 2.24) is 4.37 Å². The van der Waals surface area contributed by atoms with E-state index in [1.54, 1.807) is 0 Å². The van der Waals surface area contributed by atoms with Crippen molar-refractivity contribution < 1.29 is 0 Å². The minimum atomic E-state index is 0.499. The van der Waals surface area contributed by atoms with E-state index in [0.717, 1.165) is 28.6 Å². The summed E-state index contributed by atoms with van der Waals surface area (Å²) in [6.07, 6.45) is 5.10. The van der Waals surface area contributed by atoms with Crippen LogP contribution in [0.3, 0.4) is 0 Å². The predicted molar refractivity (Wildman–Crippen MR) is 66.6 cm³/mol. The summed E-state index contributed by atoms with van der Waals surface area (Å²) in [6.45, 7) is 4.09. The Balaban J connectivity index is 2.03. The van der Waals surface area contributed by atoms with Gasteiger partial charge < -0.3 is 5.32 Å². The zero-order chi connectivity index (χ0) is 11.5. The molecule has 16 heavy (non-hydrogen) atoms. The third kappa shape index (κ3) is 2.53. The average molecular weight is 235 g/mol. The Kier molecular flexibility index (Phi) is 3.45. The van der Waals surface area contributed by atoms with Crippen molar-refractivity contribution in [1.29, 1.82) is 5.26 Å². The van der Waals surface area contributed by atoms with E-state index in [2.05, 4.69) is 22.7 Å². The Labute approximate surface area is 101 Å². The number of nitriles is 1. The van der Waals surface area contributed by atoms with Crippen molar-refractivity contribution in [3.05, 3.63) is 11.3 Å². The highest BCUT2D eigenvalue weighted by molar-refractivity contribution is 7.10. The SMILES string of the molecule is CCC(CC1CC1)Nc1snc(C)c1C#N. The second-order valence-electron chi connectivity index (χ2n) is 4.51. The minimum absolute atomic E-state index is 0.499. The van der Waals surface area contributed by atoms with Crippen LogP contribution in [-0.4, -0.2) is 10.4 Å². The van der Waals surface area contributed by atoms with Crippen LogP contribution >= 0.6 is 11.5 Å². The van der Waals surface area contributed by atoms with E-state index in [0.29, 0.717) is 6.04 Å². The number of nitrogens with one attached hydrogen (secondary N) is 1. The molecule has 1 aromatic heterocycles. The summed E-state index contributed by atoms with van der Waals surface area (Å²) in [4.78, 5) is 0. The Morgan fingerprint density at radius 3 is 2.94 bits per heavy atom. The van der Waals surface area contributed by atoms with Crippen LogP contribution in [0.5, 0.6) is 0 Å². The van der Waals surface area contributed by atoms with Gasteiger partial charge in [0.05, 0.1) is 5.69 Å². The number of nitrogens with zero attached hydrogens (tertiary/aromatic N) is 2. The lowest BCUT2D eigenvalue weighted by atomic mass is 10.1. The fraction of sp³-hybridized carbons (Fsp3) is 0.667. The molecule has 0 radical (unpaired) electrons. The minimum Gasteiger partial charge on any atom is -0.372 e. The smallest absolute Gasteiger partial charge is 0.127 e. The predicted octanol–water partition coefficient (Wildman–Crippen LogP) is 3.31. The van der Waals surface area contributed by atoms with Gasteiger partial charge in [-0.25, -0.2) is 0 Å². The van der Waals surface area contributed by atoms with E-state index in [-0.39, 0.29) is 0 Å². The molecule has 1 aromatic rings. The summed E-state index contributed by atoms with van der Waals surface area (Å²) >= 11 is 1.41. The maximum absolute atomic E-state index is 9.04. The van der Waals surface area contributed by atoms with Crippen molar-refractivity contribution in [3.8, 4) is 6.07 Å². The monoisotopic (exact) mass is 235 g/mol. The van der Waals surface area contributed by atoms with Gasteiger partial charge in [0, 0.05) is 6.04 Å². The van der Waals surface area contributed by atoms with Crippen LogP contribution in [-0.2, 0) is 0 Å². The Bertz CT molecular complexity index is 401. The van der Waals surface area contributed by atoms with E-state index in [4.69, 9.17) is 5.26 Å². The molecule has 1 unspecified atom stereocenters. The van der Waals surface area contributed by atoms with Gasteiger partial charge in [0.25, 0.3) is 0 Å². The van der Waals surface area contributed by atoms with Crippen LogP contribution < -0.4 is 5.32 Å². The first kappa shape index (κ1) is 11.4. The molecule has 1 aliphatic rings. The number of aryl methyl sites for hydroxylation is 1. The second-order valence-corrected chi connectivity index (χ2v) is 5.29. The van der Waals surface area contributed by atoms with Crippen LogP contribution in [0.4, 0.5) is 5.00 Å². The molecule has 0 aliphatic heterocycles. The van der Waals surface area contributed by atoms with Crippen LogP contribution in [0.15, 0.2) is 0 Å². The molecule has 0 spiro atoms. The molecule has 1 fully saturated rings. The van der Waals surface area contributed by atoms with Gasteiger partial charge in [-0.1, -0.05) is 19.8 Å². The van der Waals surface area contributed by atoms with Crippen LogP contribution in [0, 0.1) is 24.2 Å². The van der Waals surface area contributed by atoms with Crippen LogP contribution in [0.1, 0.15) is 43.9 Å². The summed E-state index contributed by atoms with van der Waals surface area (Å²) in [6, 6.07) is 2.73. The van der Waals surface area contributed by atoms with Crippen LogP contribution in [0.2, 0.25) is 0 Å². The highest BCUT2D eigenvalue weighted by Gasteiger charge is 2.25. The Hall–Kier alpha value is -1.08. The molecule has 4 heteroatoms. The molecule has 2 rings (SSSR count). The molecule has 86 valence electrons. The Morgan fingerprint density at radius 2 is 2.38 bits per heavy atom. The van der Waals surface area contributed by atoms with E-state index in [1.165, 1.54) is 30.8 Å². The van der Waals surface area contributed by atoms with Gasteiger partial charge in [-0.2, -0.15) is 9.64 Å². The van der Waals surface area contributed by atoms with Crippen molar-refractivity contribution in [2.75, 3.05) is 5.32 Å². The lowest BCUT2D eigenvalue weighted by molar-refractivity contribution is 0.588. The molecule has 3 nitrogen and oxygen atoms in total. The van der Waals surface area contributed by atoms with Crippen molar-refractivity contribution in [3.63, 3.8) is 0 Å². The van der Waals surface area contributed by atoms with E-state index < -0.39 is 0 Å². The normalized spacial score (nSPS) is 16.8. The lowest BCUT2D eigenvalue weighted by Gasteiger charge is -2.16. The molecule has 1 atom stereocenters. The molecular weight excluding hydrogens is 218 g/mol. The molecule has 1 N–H and O–H groups in total. The van der Waals surface area contributed by atoms with Crippen LogP contribution in [0.25, 0.3) is 0 Å². The van der Waals surface area contributed by atoms with Gasteiger partial charge in [0.1, 0.15) is 16.6 Å². The molecular formula is C12H17N3S. The summed E-state index contributed by atoms with van der Waals surface area (Å²) < 4.78 is 4.23. The standard InChI is InChI=1S/C12H17N3S/c1-3-10(6-9-4-5-9)14-12-11(7-13)8(2)15-16-12/h9-10,14H,3-6H2,1-2H3. The molecule has 0 aromatic carbocycles. The summed E-state index contributed by atoms with van der Waals surface area (Å²) in [5.74, 6) is 0.914. The quantitative estimate of drug-likeness (QED) is 0.851. The van der Waals surface area contributed by atoms with Gasteiger partial charge in [0.15, 0.2) is 0 Å². The molecule has 0 saturated heterocycles.